The molecule has 2 aliphatic heterocycles. The molecule has 2 N–H and O–H groups in total. The van der Waals surface area contributed by atoms with E-state index in [0.717, 1.165) is 5.56 Å². The maximum atomic E-state index is 13.3. The zero-order chi connectivity index (χ0) is 23.7. The molecule has 8 nitrogen and oxygen atoms in total. The van der Waals surface area contributed by atoms with Crippen molar-refractivity contribution < 1.29 is 23.9 Å². The molecule has 0 unspecified atom stereocenters. The fourth-order valence-corrected chi connectivity index (χ4v) is 4.06. The van der Waals surface area contributed by atoms with Gasteiger partial charge in [0.2, 0.25) is 0 Å². The number of nitrogens with zero attached hydrogens (tertiary/aromatic N) is 1. The lowest BCUT2D eigenvalue weighted by Gasteiger charge is -2.25. The summed E-state index contributed by atoms with van der Waals surface area (Å²) in [6.07, 6.45) is 0. The van der Waals surface area contributed by atoms with Crippen molar-refractivity contribution in [1.29, 1.82) is 0 Å². The highest BCUT2D eigenvalue weighted by atomic mass is 16.6. The van der Waals surface area contributed by atoms with Crippen molar-refractivity contribution in [2.45, 2.75) is 19.0 Å². The van der Waals surface area contributed by atoms with Crippen molar-refractivity contribution in [3.05, 3.63) is 89.5 Å². The number of anilines is 1. The predicted octanol–water partition coefficient (Wildman–Crippen LogP) is 3.68. The van der Waals surface area contributed by atoms with E-state index in [9.17, 15) is 14.4 Å². The van der Waals surface area contributed by atoms with Crippen LogP contribution in [0.3, 0.4) is 0 Å². The van der Waals surface area contributed by atoms with Gasteiger partial charge < -0.3 is 20.1 Å². The van der Waals surface area contributed by atoms with E-state index in [2.05, 4.69) is 10.6 Å². The highest BCUT2D eigenvalue weighted by Crippen LogP contribution is 2.37. The van der Waals surface area contributed by atoms with Gasteiger partial charge in [-0.05, 0) is 54.4 Å². The first kappa shape index (κ1) is 21.5. The second-order valence-corrected chi connectivity index (χ2v) is 8.32. The van der Waals surface area contributed by atoms with E-state index in [1.165, 1.54) is 4.90 Å². The van der Waals surface area contributed by atoms with E-state index >= 15 is 0 Å². The molecule has 1 fully saturated rings. The molecule has 0 radical (unpaired) electrons. The van der Waals surface area contributed by atoms with Crippen LogP contribution in [-0.4, -0.2) is 36.0 Å². The zero-order valence-corrected chi connectivity index (χ0v) is 18.5. The molecular formula is C26H23N3O5. The van der Waals surface area contributed by atoms with Gasteiger partial charge in [0.05, 0.1) is 6.54 Å². The Morgan fingerprint density at radius 1 is 0.971 bits per heavy atom. The maximum Gasteiger partial charge on any atom is 0.325 e. The normalized spacial score (nSPS) is 19.0. The van der Waals surface area contributed by atoms with Crippen LogP contribution in [0.1, 0.15) is 28.4 Å². The number of rotatable bonds is 5. The monoisotopic (exact) mass is 457 g/mol. The largest absolute Gasteiger partial charge is 0.486 e. The van der Waals surface area contributed by atoms with Crippen molar-refractivity contribution in [1.82, 2.24) is 10.2 Å². The summed E-state index contributed by atoms with van der Waals surface area (Å²) in [4.78, 5) is 39.7. The van der Waals surface area contributed by atoms with Crippen LogP contribution < -0.4 is 20.1 Å². The molecule has 3 aromatic carbocycles. The van der Waals surface area contributed by atoms with Gasteiger partial charge in [0.15, 0.2) is 11.5 Å². The Morgan fingerprint density at radius 2 is 1.68 bits per heavy atom. The Balaban J connectivity index is 1.30. The number of imide groups is 1. The number of amides is 4. The van der Waals surface area contributed by atoms with Crippen LogP contribution in [0.5, 0.6) is 11.5 Å². The Bertz CT molecular complexity index is 1260. The smallest absolute Gasteiger partial charge is 0.325 e. The summed E-state index contributed by atoms with van der Waals surface area (Å²) in [7, 11) is 0. The van der Waals surface area contributed by atoms with Crippen molar-refractivity contribution in [3.8, 4) is 11.5 Å². The van der Waals surface area contributed by atoms with E-state index in [1.54, 1.807) is 49.4 Å². The lowest BCUT2D eigenvalue weighted by Crippen LogP contribution is -2.41. The number of hydrogen-bond donors (Lipinski definition) is 2. The number of para-hydroxylation sites is 1. The van der Waals surface area contributed by atoms with Gasteiger partial charge in [-0.25, -0.2) is 4.79 Å². The molecule has 4 amide bonds. The van der Waals surface area contributed by atoms with Crippen LogP contribution in [0.2, 0.25) is 0 Å². The first-order valence-electron chi connectivity index (χ1n) is 10.9. The molecule has 172 valence electrons. The zero-order valence-electron chi connectivity index (χ0n) is 18.5. The lowest BCUT2D eigenvalue weighted by molar-refractivity contribution is -0.131. The summed E-state index contributed by atoms with van der Waals surface area (Å²) in [5.41, 5.74) is 1.31. The van der Waals surface area contributed by atoms with Crippen LogP contribution >= 0.6 is 0 Å². The molecule has 34 heavy (non-hydrogen) atoms. The highest BCUT2D eigenvalue weighted by molar-refractivity contribution is 6.07. The number of nitrogens with one attached hydrogen (secondary N) is 2. The summed E-state index contributed by atoms with van der Waals surface area (Å²) in [5, 5.41) is 5.64. The molecule has 1 atom stereocenters. The Hall–Kier alpha value is -4.33. The van der Waals surface area contributed by atoms with E-state index in [4.69, 9.17) is 9.47 Å². The quantitative estimate of drug-likeness (QED) is 0.570. The minimum atomic E-state index is -1.22. The first-order chi connectivity index (χ1) is 16.4. The average molecular weight is 457 g/mol. The van der Waals surface area contributed by atoms with Gasteiger partial charge in [-0.1, -0.05) is 36.4 Å². The van der Waals surface area contributed by atoms with Gasteiger partial charge in [-0.3, -0.25) is 14.5 Å². The molecule has 0 saturated carbocycles. The van der Waals surface area contributed by atoms with Crippen molar-refractivity contribution in [2.75, 3.05) is 18.5 Å². The van der Waals surface area contributed by atoms with Crippen molar-refractivity contribution in [3.63, 3.8) is 0 Å². The molecule has 3 aromatic rings. The fraction of sp³-hybridized carbons (Fsp3) is 0.192. The summed E-state index contributed by atoms with van der Waals surface area (Å²) < 4.78 is 11.2. The van der Waals surface area contributed by atoms with Crippen LogP contribution in [0.25, 0.3) is 0 Å². The average Bonchev–Trinajstić information content (AvgIpc) is 3.08. The minimum absolute atomic E-state index is 0.0887. The number of fused-ring (bicyclic) bond motifs is 1. The van der Waals surface area contributed by atoms with Crippen LogP contribution in [0.4, 0.5) is 10.5 Å². The molecule has 8 heteroatoms. The summed E-state index contributed by atoms with van der Waals surface area (Å²) >= 11 is 0. The van der Waals surface area contributed by atoms with Crippen LogP contribution in [0.15, 0.2) is 72.8 Å². The summed E-state index contributed by atoms with van der Waals surface area (Å²) in [6.45, 7) is 2.67. The second kappa shape index (κ2) is 8.55. The third-order valence-electron chi connectivity index (χ3n) is 5.98. The van der Waals surface area contributed by atoms with Crippen molar-refractivity contribution >= 4 is 23.5 Å². The van der Waals surface area contributed by atoms with Gasteiger partial charge in [0.1, 0.15) is 18.8 Å². The Labute approximate surface area is 196 Å². The molecule has 0 spiro atoms. The number of ether oxygens (including phenoxy) is 2. The van der Waals surface area contributed by atoms with Crippen LogP contribution in [-0.2, 0) is 16.9 Å². The number of urea groups is 1. The lowest BCUT2D eigenvalue weighted by atomic mass is 9.91. The van der Waals surface area contributed by atoms with Crippen LogP contribution in [0, 0.1) is 0 Å². The molecule has 1 saturated heterocycles. The summed E-state index contributed by atoms with van der Waals surface area (Å²) in [6, 6.07) is 20.8. The van der Waals surface area contributed by atoms with Crippen molar-refractivity contribution in [2.24, 2.45) is 0 Å². The van der Waals surface area contributed by atoms with E-state index in [1.807, 2.05) is 30.3 Å². The summed E-state index contributed by atoms with van der Waals surface area (Å²) in [5.74, 6) is 0.567. The fourth-order valence-electron chi connectivity index (χ4n) is 4.06. The molecular weight excluding hydrogens is 434 g/mol. The number of hydrogen-bond acceptors (Lipinski definition) is 5. The van der Waals surface area contributed by atoms with E-state index in [0.29, 0.717) is 41.5 Å². The predicted molar refractivity (Wildman–Crippen MR) is 125 cm³/mol. The van der Waals surface area contributed by atoms with Gasteiger partial charge in [0, 0.05) is 11.3 Å². The molecule has 0 bridgehead atoms. The third kappa shape index (κ3) is 3.94. The molecule has 2 aliphatic rings. The molecule has 5 rings (SSSR count). The third-order valence-corrected chi connectivity index (χ3v) is 5.98. The number of carbonyl (C=O) groups is 3. The second-order valence-electron chi connectivity index (χ2n) is 8.32. The van der Waals surface area contributed by atoms with Gasteiger partial charge in [-0.15, -0.1) is 0 Å². The van der Waals surface area contributed by atoms with E-state index in [-0.39, 0.29) is 18.4 Å². The van der Waals surface area contributed by atoms with Gasteiger partial charge in [-0.2, -0.15) is 0 Å². The maximum absolute atomic E-state index is 13.3. The van der Waals surface area contributed by atoms with Gasteiger partial charge >= 0.3 is 6.03 Å². The van der Waals surface area contributed by atoms with Gasteiger partial charge in [0.25, 0.3) is 11.8 Å². The minimum Gasteiger partial charge on any atom is -0.486 e. The topological polar surface area (TPSA) is 97.0 Å². The number of carbonyl (C=O) groups excluding carboxylic acids is 3. The standard InChI is InChI=1S/C26H23N3O5/c1-26(19-11-12-21-22(15-19)34-14-13-33-21)24(31)29(25(32)28-26)16-17-7-9-18(10-8-17)23(30)27-20-5-3-2-4-6-20/h2-12,15H,13-14,16H2,1H3,(H,27,30)(H,28,32)/t26-/m1/s1. The highest BCUT2D eigenvalue weighted by Gasteiger charge is 2.49. The Kier molecular flexibility index (Phi) is 5.41. The SMILES string of the molecule is C[C@]1(c2ccc3c(c2)OCCO3)NC(=O)N(Cc2ccc(C(=O)Nc3ccccc3)cc2)C1=O. The number of benzene rings is 3. The molecule has 2 heterocycles. The Morgan fingerprint density at radius 3 is 2.41 bits per heavy atom. The molecule has 0 aromatic heterocycles. The van der Waals surface area contributed by atoms with E-state index < -0.39 is 11.6 Å². The molecule has 0 aliphatic carbocycles. The first-order valence-corrected chi connectivity index (χ1v) is 10.9.